The molecule has 1 aromatic heterocycles. The Hall–Kier alpha value is -2.87. The molecule has 0 unspecified atom stereocenters. The molecule has 0 spiro atoms. The zero-order valence-corrected chi connectivity index (χ0v) is 14.6. The third-order valence-electron chi connectivity index (χ3n) is 3.76. The lowest BCUT2D eigenvalue weighted by Gasteiger charge is -2.14. The van der Waals surface area contributed by atoms with Crippen LogP contribution < -0.4 is 4.74 Å². The van der Waals surface area contributed by atoms with Crippen molar-refractivity contribution < 1.29 is 22.4 Å². The Labute approximate surface area is 154 Å². The van der Waals surface area contributed by atoms with Gasteiger partial charge in [-0.1, -0.05) is 35.5 Å². The number of halogens is 3. The predicted molar refractivity (Wildman–Crippen MR) is 91.7 cm³/mol. The van der Waals surface area contributed by atoms with Crippen LogP contribution in [-0.4, -0.2) is 22.1 Å². The summed E-state index contributed by atoms with van der Waals surface area (Å²) in [6, 6.07) is 14.4. The summed E-state index contributed by atoms with van der Waals surface area (Å²) in [5, 5.41) is 3.87. The lowest BCUT2D eigenvalue weighted by Crippen LogP contribution is -2.17. The number of aromatic nitrogens is 2. The fourth-order valence-electron chi connectivity index (χ4n) is 2.48. The predicted octanol–water partition coefficient (Wildman–Crippen LogP) is 4.30. The van der Waals surface area contributed by atoms with Gasteiger partial charge in [-0.15, -0.1) is 0 Å². The number of ether oxygens (including phenoxy) is 1. The van der Waals surface area contributed by atoms with Gasteiger partial charge in [-0.2, -0.15) is 18.2 Å². The van der Waals surface area contributed by atoms with Crippen molar-refractivity contribution in [3.63, 3.8) is 0 Å². The second-order valence-electron chi connectivity index (χ2n) is 6.07. The Balaban J connectivity index is 1.51. The van der Waals surface area contributed by atoms with Crippen LogP contribution >= 0.6 is 0 Å². The Morgan fingerprint density at radius 3 is 2.37 bits per heavy atom. The van der Waals surface area contributed by atoms with E-state index in [9.17, 15) is 13.2 Å². The number of alkyl halides is 3. The second kappa shape index (κ2) is 8.22. The summed E-state index contributed by atoms with van der Waals surface area (Å²) in [5.74, 6) is 1.55. The maximum absolute atomic E-state index is 12.6. The molecule has 27 heavy (non-hydrogen) atoms. The van der Waals surface area contributed by atoms with E-state index in [1.165, 1.54) is 12.1 Å². The minimum atomic E-state index is -4.33. The molecule has 0 saturated heterocycles. The first-order valence-corrected chi connectivity index (χ1v) is 8.24. The average Bonchev–Trinajstić information content (AvgIpc) is 3.08. The van der Waals surface area contributed by atoms with Crippen molar-refractivity contribution in [3.8, 4) is 5.75 Å². The summed E-state index contributed by atoms with van der Waals surface area (Å²) >= 11 is 0. The molecule has 3 aromatic rings. The molecule has 0 atom stereocenters. The lowest BCUT2D eigenvalue weighted by atomic mass is 10.1. The van der Waals surface area contributed by atoms with Crippen molar-refractivity contribution in [2.75, 3.05) is 7.05 Å². The van der Waals surface area contributed by atoms with Gasteiger partial charge in [0.25, 0.3) is 0 Å². The number of hydrogen-bond acceptors (Lipinski definition) is 5. The highest BCUT2D eigenvalue weighted by Gasteiger charge is 2.29. The SMILES string of the molecule is CN(Cc1ccc(C(F)(F)F)cc1)Cc1nc(COc2ccccc2)no1. The molecule has 0 bridgehead atoms. The van der Waals surface area contributed by atoms with Crippen LogP contribution in [0.15, 0.2) is 59.1 Å². The summed E-state index contributed by atoms with van der Waals surface area (Å²) in [6.45, 7) is 1.02. The number of hydrogen-bond donors (Lipinski definition) is 0. The zero-order chi connectivity index (χ0) is 19.3. The lowest BCUT2D eigenvalue weighted by molar-refractivity contribution is -0.137. The van der Waals surface area contributed by atoms with Gasteiger partial charge in [0.15, 0.2) is 6.61 Å². The van der Waals surface area contributed by atoms with Crippen LogP contribution in [0.3, 0.4) is 0 Å². The molecule has 2 aromatic carbocycles. The van der Waals surface area contributed by atoms with E-state index in [-0.39, 0.29) is 6.61 Å². The number of para-hydroxylation sites is 1. The summed E-state index contributed by atoms with van der Waals surface area (Å²) in [5.41, 5.74) is 0.103. The quantitative estimate of drug-likeness (QED) is 0.615. The Morgan fingerprint density at radius 1 is 1.00 bits per heavy atom. The molecule has 0 aliphatic carbocycles. The first-order chi connectivity index (χ1) is 12.9. The topological polar surface area (TPSA) is 51.4 Å². The van der Waals surface area contributed by atoms with Crippen molar-refractivity contribution in [2.24, 2.45) is 0 Å². The number of nitrogens with zero attached hydrogens (tertiary/aromatic N) is 3. The molecular weight excluding hydrogens is 359 g/mol. The van der Waals surface area contributed by atoms with Crippen LogP contribution in [0.2, 0.25) is 0 Å². The van der Waals surface area contributed by atoms with Crippen LogP contribution in [0, 0.1) is 0 Å². The largest absolute Gasteiger partial charge is 0.485 e. The van der Waals surface area contributed by atoms with Crippen LogP contribution in [0.5, 0.6) is 5.75 Å². The molecule has 142 valence electrons. The molecule has 0 N–H and O–H groups in total. The standard InChI is InChI=1S/C19H18F3N3O2/c1-25(11-14-7-9-15(10-8-14)19(20,21)22)12-18-23-17(24-27-18)13-26-16-5-3-2-4-6-16/h2-10H,11-13H2,1H3. The second-order valence-corrected chi connectivity index (χ2v) is 6.07. The van der Waals surface area contributed by atoms with E-state index in [4.69, 9.17) is 9.26 Å². The highest BCUT2D eigenvalue weighted by atomic mass is 19.4. The highest BCUT2D eigenvalue weighted by molar-refractivity contribution is 5.24. The van der Waals surface area contributed by atoms with Crippen LogP contribution in [0.4, 0.5) is 13.2 Å². The Kier molecular flexibility index (Phi) is 5.75. The molecule has 0 radical (unpaired) electrons. The van der Waals surface area contributed by atoms with E-state index < -0.39 is 11.7 Å². The number of rotatable bonds is 7. The van der Waals surface area contributed by atoms with Crippen molar-refractivity contribution in [3.05, 3.63) is 77.4 Å². The molecule has 0 fully saturated rings. The van der Waals surface area contributed by atoms with E-state index in [1.807, 2.05) is 42.3 Å². The molecule has 0 aliphatic rings. The van der Waals surface area contributed by atoms with Gasteiger partial charge in [0.05, 0.1) is 12.1 Å². The van der Waals surface area contributed by atoms with Gasteiger partial charge >= 0.3 is 6.18 Å². The van der Waals surface area contributed by atoms with Crippen molar-refractivity contribution >= 4 is 0 Å². The minimum absolute atomic E-state index is 0.191. The van der Waals surface area contributed by atoms with E-state index in [2.05, 4.69) is 10.1 Å². The average molecular weight is 377 g/mol. The van der Waals surface area contributed by atoms with Gasteiger partial charge in [-0.25, -0.2) is 0 Å². The molecule has 5 nitrogen and oxygen atoms in total. The van der Waals surface area contributed by atoms with Gasteiger partial charge in [-0.05, 0) is 36.9 Å². The van der Waals surface area contributed by atoms with E-state index in [0.29, 0.717) is 30.6 Å². The van der Waals surface area contributed by atoms with Crippen LogP contribution in [-0.2, 0) is 25.9 Å². The van der Waals surface area contributed by atoms with Crippen molar-refractivity contribution in [2.45, 2.75) is 25.9 Å². The van der Waals surface area contributed by atoms with Gasteiger partial charge in [0.1, 0.15) is 5.75 Å². The molecule has 1 heterocycles. The zero-order valence-electron chi connectivity index (χ0n) is 14.6. The molecular formula is C19H18F3N3O2. The number of benzene rings is 2. The molecule has 0 amide bonds. The molecule has 0 aliphatic heterocycles. The summed E-state index contributed by atoms with van der Waals surface area (Å²) < 4.78 is 48.5. The van der Waals surface area contributed by atoms with Gasteiger partial charge < -0.3 is 9.26 Å². The summed E-state index contributed by atoms with van der Waals surface area (Å²) in [6.07, 6.45) is -4.33. The van der Waals surface area contributed by atoms with Crippen molar-refractivity contribution in [1.29, 1.82) is 0 Å². The monoisotopic (exact) mass is 377 g/mol. The van der Waals surface area contributed by atoms with Gasteiger partial charge in [0, 0.05) is 6.54 Å². The molecule has 0 saturated carbocycles. The fourth-order valence-corrected chi connectivity index (χ4v) is 2.48. The molecule has 3 rings (SSSR count). The van der Waals surface area contributed by atoms with Gasteiger partial charge in [0.2, 0.25) is 11.7 Å². The van der Waals surface area contributed by atoms with Gasteiger partial charge in [-0.3, -0.25) is 4.90 Å². The Bertz CT molecular complexity index is 849. The fraction of sp³-hybridized carbons (Fsp3) is 0.263. The maximum Gasteiger partial charge on any atom is 0.416 e. The van der Waals surface area contributed by atoms with Crippen LogP contribution in [0.1, 0.15) is 22.8 Å². The van der Waals surface area contributed by atoms with E-state index >= 15 is 0 Å². The van der Waals surface area contributed by atoms with E-state index in [1.54, 1.807) is 0 Å². The summed E-state index contributed by atoms with van der Waals surface area (Å²) in [7, 11) is 1.82. The Morgan fingerprint density at radius 2 is 1.70 bits per heavy atom. The third kappa shape index (κ3) is 5.55. The first kappa shape index (κ1) is 18.9. The first-order valence-electron chi connectivity index (χ1n) is 8.24. The van der Waals surface area contributed by atoms with E-state index in [0.717, 1.165) is 17.7 Å². The third-order valence-corrected chi connectivity index (χ3v) is 3.76. The van der Waals surface area contributed by atoms with Crippen molar-refractivity contribution in [1.82, 2.24) is 15.0 Å². The van der Waals surface area contributed by atoms with Crippen LogP contribution in [0.25, 0.3) is 0 Å². The smallest absolute Gasteiger partial charge is 0.416 e. The normalized spacial score (nSPS) is 11.7. The minimum Gasteiger partial charge on any atom is -0.485 e. The summed E-state index contributed by atoms with van der Waals surface area (Å²) in [4.78, 5) is 6.13. The molecule has 8 heteroatoms. The maximum atomic E-state index is 12.6. The highest BCUT2D eigenvalue weighted by Crippen LogP contribution is 2.29.